The Hall–Kier alpha value is -2.76. The summed E-state index contributed by atoms with van der Waals surface area (Å²) in [6.45, 7) is 0. The second-order valence-corrected chi connectivity index (χ2v) is 6.15. The van der Waals surface area contributed by atoms with Crippen LogP contribution in [-0.4, -0.2) is 18.0 Å². The van der Waals surface area contributed by atoms with Crippen molar-refractivity contribution in [2.24, 2.45) is 0 Å². The van der Waals surface area contributed by atoms with E-state index in [0.29, 0.717) is 21.4 Å². The smallest absolute Gasteiger partial charge is 0.256 e. The summed E-state index contributed by atoms with van der Waals surface area (Å²) in [6, 6.07) is 15.8. The Morgan fingerprint density at radius 3 is 2.54 bits per heavy atom. The Kier molecular flexibility index (Phi) is 5.61. The summed E-state index contributed by atoms with van der Waals surface area (Å²) < 4.78 is 5.30. The third-order valence-electron chi connectivity index (χ3n) is 3.57. The molecular formula is C19H15Cl2N3O2. The van der Waals surface area contributed by atoms with Gasteiger partial charge in [-0.3, -0.25) is 4.79 Å². The zero-order valence-corrected chi connectivity index (χ0v) is 15.3. The van der Waals surface area contributed by atoms with Gasteiger partial charge in [0.05, 0.1) is 34.7 Å². The highest BCUT2D eigenvalue weighted by atomic mass is 35.5. The van der Waals surface area contributed by atoms with Crippen LogP contribution < -0.4 is 15.4 Å². The average Bonchev–Trinajstić information content (AvgIpc) is 2.66. The van der Waals surface area contributed by atoms with Gasteiger partial charge < -0.3 is 15.4 Å². The highest BCUT2D eigenvalue weighted by Gasteiger charge is 2.09. The lowest BCUT2D eigenvalue weighted by Crippen LogP contribution is -2.12. The summed E-state index contributed by atoms with van der Waals surface area (Å²) in [6.07, 6.45) is 1.62. The van der Waals surface area contributed by atoms with Gasteiger partial charge in [-0.05, 0) is 42.5 Å². The van der Waals surface area contributed by atoms with E-state index in [1.165, 1.54) is 6.07 Å². The first-order valence-corrected chi connectivity index (χ1v) is 8.45. The van der Waals surface area contributed by atoms with Crippen molar-refractivity contribution in [1.29, 1.82) is 0 Å². The number of aromatic nitrogens is 1. The molecule has 26 heavy (non-hydrogen) atoms. The number of carbonyl (C=O) groups excluding carboxylic acids is 1. The summed E-state index contributed by atoms with van der Waals surface area (Å²) in [7, 11) is 1.61. The molecule has 7 heteroatoms. The SMILES string of the molecule is COc1ccccc1Nc1ccc(NC(=O)c2ccc(Cl)c(Cl)c2)nc1. The Bertz CT molecular complexity index is 930. The van der Waals surface area contributed by atoms with Crippen LogP contribution in [0, 0.1) is 0 Å². The van der Waals surface area contributed by atoms with E-state index in [9.17, 15) is 4.79 Å². The first kappa shape index (κ1) is 18.0. The number of nitrogens with zero attached hydrogens (tertiary/aromatic N) is 1. The Labute approximate surface area is 160 Å². The van der Waals surface area contributed by atoms with E-state index in [1.54, 1.807) is 31.5 Å². The van der Waals surface area contributed by atoms with Crippen LogP contribution in [0.25, 0.3) is 0 Å². The van der Waals surface area contributed by atoms with Crippen LogP contribution in [0.2, 0.25) is 10.0 Å². The number of pyridine rings is 1. The van der Waals surface area contributed by atoms with Crippen molar-refractivity contribution < 1.29 is 9.53 Å². The zero-order valence-electron chi connectivity index (χ0n) is 13.8. The van der Waals surface area contributed by atoms with Gasteiger partial charge in [0.2, 0.25) is 0 Å². The molecule has 0 spiro atoms. The van der Waals surface area contributed by atoms with E-state index in [2.05, 4.69) is 15.6 Å². The van der Waals surface area contributed by atoms with Crippen molar-refractivity contribution in [1.82, 2.24) is 4.98 Å². The molecule has 0 aliphatic carbocycles. The molecule has 0 radical (unpaired) electrons. The maximum absolute atomic E-state index is 12.3. The van der Waals surface area contributed by atoms with Crippen molar-refractivity contribution in [3.63, 3.8) is 0 Å². The molecule has 1 amide bonds. The molecule has 0 saturated carbocycles. The van der Waals surface area contributed by atoms with Crippen LogP contribution in [0.4, 0.5) is 17.2 Å². The molecule has 3 aromatic rings. The van der Waals surface area contributed by atoms with Gasteiger partial charge in [0, 0.05) is 5.56 Å². The Morgan fingerprint density at radius 1 is 1.04 bits per heavy atom. The molecule has 0 fully saturated rings. The third kappa shape index (κ3) is 4.25. The molecule has 1 heterocycles. The van der Waals surface area contributed by atoms with Gasteiger partial charge in [-0.1, -0.05) is 35.3 Å². The normalized spacial score (nSPS) is 10.3. The zero-order chi connectivity index (χ0) is 18.5. The van der Waals surface area contributed by atoms with Crippen molar-refractivity contribution in [2.75, 3.05) is 17.7 Å². The minimum Gasteiger partial charge on any atom is -0.495 e. The van der Waals surface area contributed by atoms with E-state index in [4.69, 9.17) is 27.9 Å². The summed E-state index contributed by atoms with van der Waals surface area (Å²) in [5, 5.41) is 6.65. The molecule has 5 nitrogen and oxygen atoms in total. The van der Waals surface area contributed by atoms with Crippen LogP contribution in [0.3, 0.4) is 0 Å². The maximum Gasteiger partial charge on any atom is 0.256 e. The third-order valence-corrected chi connectivity index (χ3v) is 4.31. The number of hydrogen-bond donors (Lipinski definition) is 2. The fourth-order valence-electron chi connectivity index (χ4n) is 2.27. The Balaban J connectivity index is 1.69. The second kappa shape index (κ2) is 8.08. The predicted octanol–water partition coefficient (Wildman–Crippen LogP) is 5.39. The monoisotopic (exact) mass is 387 g/mol. The predicted molar refractivity (Wildman–Crippen MR) is 105 cm³/mol. The number of hydrogen-bond acceptors (Lipinski definition) is 4. The molecule has 2 N–H and O–H groups in total. The second-order valence-electron chi connectivity index (χ2n) is 5.34. The minimum atomic E-state index is -0.318. The maximum atomic E-state index is 12.3. The van der Waals surface area contributed by atoms with Crippen LogP contribution >= 0.6 is 23.2 Å². The van der Waals surface area contributed by atoms with Gasteiger partial charge in [0.25, 0.3) is 5.91 Å². The van der Waals surface area contributed by atoms with E-state index < -0.39 is 0 Å². The van der Waals surface area contributed by atoms with Crippen molar-refractivity contribution in [2.45, 2.75) is 0 Å². The molecule has 0 aliphatic heterocycles. The number of benzene rings is 2. The molecule has 1 aromatic heterocycles. The first-order chi connectivity index (χ1) is 12.6. The average molecular weight is 388 g/mol. The number of halogens is 2. The lowest BCUT2D eigenvalue weighted by Gasteiger charge is -2.11. The highest BCUT2D eigenvalue weighted by molar-refractivity contribution is 6.42. The summed E-state index contributed by atoms with van der Waals surface area (Å²) in [5.41, 5.74) is 1.99. The quantitative estimate of drug-likeness (QED) is 0.615. The fourth-order valence-corrected chi connectivity index (χ4v) is 2.57. The van der Waals surface area contributed by atoms with E-state index in [0.717, 1.165) is 17.1 Å². The molecule has 3 rings (SSSR count). The van der Waals surface area contributed by atoms with Crippen molar-refractivity contribution >= 4 is 46.3 Å². The molecule has 2 aromatic carbocycles. The summed E-state index contributed by atoms with van der Waals surface area (Å²) in [5.74, 6) is 0.831. The van der Waals surface area contributed by atoms with Crippen LogP contribution in [-0.2, 0) is 0 Å². The fraction of sp³-hybridized carbons (Fsp3) is 0.0526. The number of nitrogens with one attached hydrogen (secondary N) is 2. The standard InChI is InChI=1S/C19H15Cl2N3O2/c1-26-17-5-3-2-4-16(17)23-13-7-9-18(22-11-13)24-19(25)12-6-8-14(20)15(21)10-12/h2-11,23H,1H3,(H,22,24,25). The van der Waals surface area contributed by atoms with Gasteiger partial charge in [0.15, 0.2) is 0 Å². The number of amides is 1. The van der Waals surface area contributed by atoms with Gasteiger partial charge in [0.1, 0.15) is 11.6 Å². The number of carbonyl (C=O) groups is 1. The molecule has 0 atom stereocenters. The molecule has 132 valence electrons. The van der Waals surface area contributed by atoms with Gasteiger partial charge >= 0.3 is 0 Å². The number of para-hydroxylation sites is 2. The van der Waals surface area contributed by atoms with Gasteiger partial charge in [-0.15, -0.1) is 0 Å². The number of ether oxygens (including phenoxy) is 1. The summed E-state index contributed by atoms with van der Waals surface area (Å²) >= 11 is 11.8. The van der Waals surface area contributed by atoms with Crippen molar-refractivity contribution in [3.05, 3.63) is 76.4 Å². The highest BCUT2D eigenvalue weighted by Crippen LogP contribution is 2.27. The molecule has 0 bridgehead atoms. The summed E-state index contributed by atoms with van der Waals surface area (Å²) in [4.78, 5) is 16.5. The molecule has 0 unspecified atom stereocenters. The van der Waals surface area contributed by atoms with Crippen LogP contribution in [0.15, 0.2) is 60.8 Å². The number of anilines is 3. The minimum absolute atomic E-state index is 0.318. The van der Waals surface area contributed by atoms with E-state index >= 15 is 0 Å². The molecule has 0 aliphatic rings. The largest absolute Gasteiger partial charge is 0.495 e. The Morgan fingerprint density at radius 2 is 1.85 bits per heavy atom. The van der Waals surface area contributed by atoms with Crippen LogP contribution in [0.5, 0.6) is 5.75 Å². The van der Waals surface area contributed by atoms with Gasteiger partial charge in [-0.2, -0.15) is 0 Å². The lowest BCUT2D eigenvalue weighted by atomic mass is 10.2. The number of methoxy groups -OCH3 is 1. The van der Waals surface area contributed by atoms with E-state index in [-0.39, 0.29) is 5.91 Å². The molecular weight excluding hydrogens is 373 g/mol. The van der Waals surface area contributed by atoms with Crippen LogP contribution in [0.1, 0.15) is 10.4 Å². The topological polar surface area (TPSA) is 63.2 Å². The lowest BCUT2D eigenvalue weighted by molar-refractivity contribution is 0.102. The van der Waals surface area contributed by atoms with E-state index in [1.807, 2.05) is 30.3 Å². The van der Waals surface area contributed by atoms with Crippen molar-refractivity contribution in [3.8, 4) is 5.75 Å². The number of rotatable bonds is 5. The first-order valence-electron chi connectivity index (χ1n) is 7.69. The molecule has 0 saturated heterocycles. The van der Waals surface area contributed by atoms with Gasteiger partial charge in [-0.25, -0.2) is 4.98 Å².